The summed E-state index contributed by atoms with van der Waals surface area (Å²) < 4.78 is 20.6. The van der Waals surface area contributed by atoms with Crippen LogP contribution in [0.4, 0.5) is 0 Å². The second kappa shape index (κ2) is 6.07. The number of ether oxygens (including phenoxy) is 4. The van der Waals surface area contributed by atoms with Crippen LogP contribution in [0.15, 0.2) is 23.8 Å². The van der Waals surface area contributed by atoms with Crippen LogP contribution in [0.2, 0.25) is 0 Å². The van der Waals surface area contributed by atoms with Gasteiger partial charge < -0.3 is 18.9 Å². The first-order valence-corrected chi connectivity index (χ1v) is 5.25. The average Bonchev–Trinajstić information content (AvgIpc) is 2.37. The van der Waals surface area contributed by atoms with Gasteiger partial charge in [0.15, 0.2) is 5.78 Å². The zero-order chi connectivity index (χ0) is 12.9. The molecule has 0 bridgehead atoms. The maximum absolute atomic E-state index is 11.7. The van der Waals surface area contributed by atoms with Crippen molar-refractivity contribution < 1.29 is 23.7 Å². The van der Waals surface area contributed by atoms with Gasteiger partial charge in [-0.05, 0) is 25.2 Å². The average molecular weight is 242 g/mol. The van der Waals surface area contributed by atoms with E-state index in [-0.39, 0.29) is 18.7 Å². The minimum absolute atomic E-state index is 0.113. The predicted octanol–water partition coefficient (Wildman–Crippen LogP) is 1.05. The molecule has 5 nitrogen and oxygen atoms in total. The van der Waals surface area contributed by atoms with Crippen LogP contribution < -0.4 is 0 Å². The highest BCUT2D eigenvalue weighted by Crippen LogP contribution is 2.25. The van der Waals surface area contributed by atoms with Crippen molar-refractivity contribution in [1.82, 2.24) is 0 Å². The lowest BCUT2D eigenvalue weighted by atomic mass is 9.96. The normalized spacial score (nSPS) is 20.2. The first-order valence-electron chi connectivity index (χ1n) is 5.25. The molecule has 1 aliphatic rings. The summed E-state index contributed by atoms with van der Waals surface area (Å²) in [7, 11) is 4.55. The predicted molar refractivity (Wildman–Crippen MR) is 61.4 cm³/mol. The first kappa shape index (κ1) is 14.1. The number of carbonyl (C=O) groups is 1. The van der Waals surface area contributed by atoms with E-state index in [9.17, 15) is 4.79 Å². The van der Waals surface area contributed by atoms with Crippen LogP contribution >= 0.6 is 0 Å². The molecule has 0 fully saturated rings. The van der Waals surface area contributed by atoms with Crippen LogP contribution in [-0.2, 0) is 23.7 Å². The monoisotopic (exact) mass is 242 g/mol. The molecule has 96 valence electrons. The number of allylic oxidation sites excluding steroid dienone is 1. The Labute approximate surface area is 101 Å². The van der Waals surface area contributed by atoms with Crippen LogP contribution in [-0.4, -0.2) is 45.8 Å². The third-order valence-corrected chi connectivity index (χ3v) is 2.62. The van der Waals surface area contributed by atoms with E-state index in [2.05, 4.69) is 0 Å². The second-order valence-electron chi connectivity index (χ2n) is 3.64. The highest BCUT2D eigenvalue weighted by molar-refractivity contribution is 6.06. The zero-order valence-corrected chi connectivity index (χ0v) is 10.6. The van der Waals surface area contributed by atoms with Crippen molar-refractivity contribution in [2.75, 3.05) is 28.1 Å². The van der Waals surface area contributed by atoms with Crippen LogP contribution in [0.1, 0.15) is 6.92 Å². The summed E-state index contributed by atoms with van der Waals surface area (Å²) in [5.41, 5.74) is 0.494. The van der Waals surface area contributed by atoms with E-state index in [4.69, 9.17) is 18.9 Å². The Bertz CT molecular complexity index is 328. The molecule has 5 heteroatoms. The number of hydrogen-bond donors (Lipinski definition) is 0. The quantitative estimate of drug-likeness (QED) is 0.652. The molecule has 0 saturated heterocycles. The van der Waals surface area contributed by atoms with Gasteiger partial charge in [0.05, 0.1) is 6.10 Å². The summed E-state index contributed by atoms with van der Waals surface area (Å²) in [6, 6.07) is 0. The van der Waals surface area contributed by atoms with E-state index in [1.165, 1.54) is 27.4 Å². The van der Waals surface area contributed by atoms with Crippen LogP contribution in [0.25, 0.3) is 0 Å². The number of rotatable bonds is 6. The summed E-state index contributed by atoms with van der Waals surface area (Å²) in [5.74, 6) is -1.10. The van der Waals surface area contributed by atoms with Crippen molar-refractivity contribution in [3.05, 3.63) is 23.8 Å². The van der Waals surface area contributed by atoms with E-state index in [1.807, 2.05) is 0 Å². The van der Waals surface area contributed by atoms with Gasteiger partial charge >= 0.3 is 0 Å². The third kappa shape index (κ3) is 3.23. The number of carbonyl (C=O) groups excluding carboxylic acids is 1. The minimum atomic E-state index is -0.992. The Kier molecular flexibility index (Phi) is 5.02. The molecule has 0 spiro atoms. The topological polar surface area (TPSA) is 54.0 Å². The van der Waals surface area contributed by atoms with Gasteiger partial charge in [0.2, 0.25) is 5.79 Å². The number of ketones is 1. The van der Waals surface area contributed by atoms with E-state index < -0.39 is 5.79 Å². The summed E-state index contributed by atoms with van der Waals surface area (Å²) in [4.78, 5) is 11.7. The van der Waals surface area contributed by atoms with Crippen LogP contribution in [0.5, 0.6) is 0 Å². The molecule has 1 unspecified atom stereocenters. The minimum Gasteiger partial charge on any atom is -0.359 e. The molecular weight excluding hydrogens is 224 g/mol. The van der Waals surface area contributed by atoms with Gasteiger partial charge in [-0.1, -0.05) is 0 Å². The van der Waals surface area contributed by atoms with Gasteiger partial charge in [-0.3, -0.25) is 4.79 Å². The summed E-state index contributed by atoms with van der Waals surface area (Å²) >= 11 is 0. The van der Waals surface area contributed by atoms with Crippen molar-refractivity contribution in [3.8, 4) is 0 Å². The summed E-state index contributed by atoms with van der Waals surface area (Å²) in [6.45, 7) is 1.90. The van der Waals surface area contributed by atoms with Gasteiger partial charge in [0.1, 0.15) is 6.79 Å². The van der Waals surface area contributed by atoms with E-state index in [0.717, 1.165) is 0 Å². The smallest absolute Gasteiger partial charge is 0.208 e. The molecular formula is C12H18O5. The Morgan fingerprint density at radius 1 is 1.29 bits per heavy atom. The third-order valence-electron chi connectivity index (χ3n) is 2.62. The Morgan fingerprint density at radius 3 is 2.47 bits per heavy atom. The molecule has 0 aromatic rings. The van der Waals surface area contributed by atoms with Crippen molar-refractivity contribution in [3.63, 3.8) is 0 Å². The van der Waals surface area contributed by atoms with Gasteiger partial charge in [0, 0.05) is 26.9 Å². The Hall–Kier alpha value is -1.01. The summed E-state index contributed by atoms with van der Waals surface area (Å²) in [5, 5.41) is 0. The molecule has 0 N–H and O–H groups in total. The van der Waals surface area contributed by atoms with Crippen LogP contribution in [0.3, 0.4) is 0 Å². The molecule has 0 heterocycles. The largest absolute Gasteiger partial charge is 0.359 e. The maximum atomic E-state index is 11.7. The number of methoxy groups -OCH3 is 3. The highest BCUT2D eigenvalue weighted by Gasteiger charge is 2.31. The lowest BCUT2D eigenvalue weighted by Crippen LogP contribution is -2.35. The molecule has 1 atom stereocenters. The lowest BCUT2D eigenvalue weighted by molar-refractivity contribution is -0.139. The van der Waals surface area contributed by atoms with Crippen LogP contribution in [0, 0.1) is 0 Å². The molecule has 0 amide bonds. The van der Waals surface area contributed by atoms with Gasteiger partial charge in [-0.15, -0.1) is 0 Å². The second-order valence-corrected chi connectivity index (χ2v) is 3.64. The maximum Gasteiger partial charge on any atom is 0.208 e. The van der Waals surface area contributed by atoms with Gasteiger partial charge in [-0.2, -0.15) is 0 Å². The SMILES string of the molecule is COCOC(C)C1=CC(OC)(OC)C=CC1=O. The molecule has 1 rings (SSSR count). The molecule has 0 radical (unpaired) electrons. The fourth-order valence-corrected chi connectivity index (χ4v) is 1.54. The molecule has 0 aromatic carbocycles. The van der Waals surface area contributed by atoms with E-state index in [1.54, 1.807) is 19.1 Å². The standard InChI is InChI=1S/C12H18O5/c1-9(17-8-14-2)10-7-12(15-3,16-4)6-5-11(10)13/h5-7,9H,8H2,1-4H3. The fraction of sp³-hybridized carbons (Fsp3) is 0.583. The van der Waals surface area contributed by atoms with Crippen molar-refractivity contribution >= 4 is 5.78 Å². The molecule has 1 aliphatic carbocycles. The summed E-state index contributed by atoms with van der Waals surface area (Å²) in [6.07, 6.45) is 4.24. The Morgan fingerprint density at radius 2 is 1.94 bits per heavy atom. The van der Waals surface area contributed by atoms with Gasteiger partial charge in [0.25, 0.3) is 0 Å². The van der Waals surface area contributed by atoms with Crippen molar-refractivity contribution in [2.24, 2.45) is 0 Å². The van der Waals surface area contributed by atoms with Gasteiger partial charge in [-0.25, -0.2) is 0 Å². The lowest BCUT2D eigenvalue weighted by Gasteiger charge is -2.29. The van der Waals surface area contributed by atoms with E-state index >= 15 is 0 Å². The molecule has 0 aliphatic heterocycles. The molecule has 17 heavy (non-hydrogen) atoms. The van der Waals surface area contributed by atoms with E-state index in [0.29, 0.717) is 5.57 Å². The first-order chi connectivity index (χ1) is 8.08. The molecule has 0 saturated carbocycles. The Balaban J connectivity index is 2.88. The van der Waals surface area contributed by atoms with Crippen molar-refractivity contribution in [2.45, 2.75) is 18.8 Å². The molecule has 0 aromatic heterocycles. The fourth-order valence-electron chi connectivity index (χ4n) is 1.54. The highest BCUT2D eigenvalue weighted by atomic mass is 16.7. The number of hydrogen-bond acceptors (Lipinski definition) is 5. The van der Waals surface area contributed by atoms with Crippen molar-refractivity contribution in [1.29, 1.82) is 0 Å². The zero-order valence-electron chi connectivity index (χ0n) is 10.6.